The fraction of sp³-hybridized carbons (Fsp3) is 0.585. The number of benzene rings is 2. The Hall–Kier alpha value is -4.89. The number of hydrogen-bond acceptors (Lipinski definition) is 10. The second-order valence-corrected chi connectivity index (χ2v) is 15.6. The highest BCUT2D eigenvalue weighted by Gasteiger charge is 2.37. The lowest BCUT2D eigenvalue weighted by molar-refractivity contribution is -0.145. The molecule has 4 amide bonds. The summed E-state index contributed by atoms with van der Waals surface area (Å²) in [6, 6.07) is 11.7. The van der Waals surface area contributed by atoms with Gasteiger partial charge in [-0.05, 0) is 74.3 Å². The van der Waals surface area contributed by atoms with E-state index in [0.717, 1.165) is 61.2 Å². The summed E-state index contributed by atoms with van der Waals surface area (Å²) in [7, 11) is 1.66. The van der Waals surface area contributed by atoms with Crippen molar-refractivity contribution in [2.45, 2.75) is 77.0 Å². The summed E-state index contributed by atoms with van der Waals surface area (Å²) < 4.78 is 18.3. The third-order valence-electron chi connectivity index (χ3n) is 11.9. The number of carbonyl (C=O) groups is 4. The van der Waals surface area contributed by atoms with Crippen molar-refractivity contribution in [1.82, 2.24) is 29.1 Å². The number of rotatable bonds is 10. The molecule has 56 heavy (non-hydrogen) atoms. The summed E-state index contributed by atoms with van der Waals surface area (Å²) in [4.78, 5) is 75.6. The van der Waals surface area contributed by atoms with Gasteiger partial charge >= 0.3 is 23.8 Å². The number of amides is 4. The van der Waals surface area contributed by atoms with Crippen molar-refractivity contribution in [3.05, 3.63) is 63.6 Å². The van der Waals surface area contributed by atoms with Crippen molar-refractivity contribution in [3.63, 3.8) is 0 Å². The van der Waals surface area contributed by atoms with Gasteiger partial charge in [-0.15, -0.1) is 0 Å². The van der Waals surface area contributed by atoms with Crippen LogP contribution >= 0.6 is 0 Å². The van der Waals surface area contributed by atoms with Gasteiger partial charge in [-0.2, -0.15) is 0 Å². The van der Waals surface area contributed by atoms with Gasteiger partial charge in [0, 0.05) is 90.1 Å². The molecule has 2 aromatic carbocycles. The average Bonchev–Trinajstić information content (AvgIpc) is 3.38. The summed E-state index contributed by atoms with van der Waals surface area (Å²) >= 11 is 0. The number of hydrogen-bond donors (Lipinski definition) is 1. The van der Waals surface area contributed by atoms with Gasteiger partial charge in [0.05, 0.1) is 18.7 Å². The zero-order valence-corrected chi connectivity index (χ0v) is 32.9. The van der Waals surface area contributed by atoms with Crippen molar-refractivity contribution in [2.24, 2.45) is 7.05 Å². The van der Waals surface area contributed by atoms with E-state index in [2.05, 4.69) is 15.1 Å². The number of para-hydroxylation sites is 1. The maximum Gasteiger partial charge on any atom is 0.419 e. The van der Waals surface area contributed by atoms with Crippen LogP contribution in [0.5, 0.6) is 0 Å². The van der Waals surface area contributed by atoms with Crippen LogP contribution in [0.3, 0.4) is 0 Å². The Morgan fingerprint density at radius 2 is 1.61 bits per heavy atom. The molecule has 0 unspecified atom stereocenters. The molecule has 4 aliphatic rings. The van der Waals surface area contributed by atoms with E-state index in [0.29, 0.717) is 88.9 Å². The number of piperidine rings is 2. The summed E-state index contributed by atoms with van der Waals surface area (Å²) in [5, 5.41) is 3.04. The number of nitrogens with zero attached hydrogens (tertiary/aromatic N) is 6. The predicted octanol–water partition coefficient (Wildman–Crippen LogP) is 3.60. The Bertz CT molecular complexity index is 1950. The van der Waals surface area contributed by atoms with Gasteiger partial charge in [0.2, 0.25) is 0 Å². The molecule has 3 aromatic rings. The minimum Gasteiger partial charge on any atom is -0.465 e. The molecule has 1 N–H and O–H groups in total. The third-order valence-corrected chi connectivity index (χ3v) is 11.9. The van der Waals surface area contributed by atoms with Crippen LogP contribution in [0.15, 0.2) is 45.6 Å². The maximum atomic E-state index is 14.3. The number of ether oxygens (including phenoxy) is 2. The first kappa shape index (κ1) is 39.3. The SMILES string of the molecule is CCCOC(=O)CN1CCC(N2CCN(C(=O)[C@@H](Cc3cc(C)c4c(c3)oc(=O)n4C)OC(=O)N3CCC(N4CCc5ccccc5NC4=O)CC3)CC2)CC1. The molecule has 0 bridgehead atoms. The van der Waals surface area contributed by atoms with Gasteiger partial charge in [-0.3, -0.25) is 24.0 Å². The molecule has 3 saturated heterocycles. The Labute approximate surface area is 327 Å². The van der Waals surface area contributed by atoms with Crippen LogP contribution in [-0.4, -0.2) is 143 Å². The number of anilines is 1. The Morgan fingerprint density at radius 3 is 2.34 bits per heavy atom. The van der Waals surface area contributed by atoms with Gasteiger partial charge in [-0.1, -0.05) is 31.2 Å². The molecule has 3 fully saturated rings. The van der Waals surface area contributed by atoms with E-state index >= 15 is 0 Å². The van der Waals surface area contributed by atoms with Crippen molar-refractivity contribution in [1.29, 1.82) is 0 Å². The molecule has 1 atom stereocenters. The number of urea groups is 1. The van der Waals surface area contributed by atoms with E-state index in [1.165, 1.54) is 4.57 Å². The number of oxazole rings is 1. The van der Waals surface area contributed by atoms with Crippen LogP contribution in [-0.2, 0) is 39.0 Å². The molecule has 1 aromatic heterocycles. The monoisotopic (exact) mass is 773 g/mol. The first-order valence-electron chi connectivity index (χ1n) is 20.2. The molecule has 15 nitrogen and oxygen atoms in total. The molecule has 4 aliphatic heterocycles. The number of aryl methyl sites for hydroxylation is 2. The zero-order valence-electron chi connectivity index (χ0n) is 32.9. The van der Waals surface area contributed by atoms with Crippen molar-refractivity contribution < 1.29 is 33.1 Å². The quantitative estimate of drug-likeness (QED) is 0.303. The number of esters is 1. The lowest BCUT2D eigenvalue weighted by atomic mass is 10.0. The first-order valence-corrected chi connectivity index (χ1v) is 20.2. The smallest absolute Gasteiger partial charge is 0.419 e. The van der Waals surface area contributed by atoms with Crippen LogP contribution in [0.4, 0.5) is 15.3 Å². The minimum atomic E-state index is -1.08. The van der Waals surface area contributed by atoms with Crippen LogP contribution < -0.4 is 11.1 Å². The average molecular weight is 774 g/mol. The van der Waals surface area contributed by atoms with E-state index in [-0.39, 0.29) is 30.4 Å². The Morgan fingerprint density at radius 1 is 0.893 bits per heavy atom. The van der Waals surface area contributed by atoms with E-state index in [1.807, 2.05) is 49.1 Å². The second kappa shape index (κ2) is 17.5. The molecular weight excluding hydrogens is 718 g/mol. The van der Waals surface area contributed by atoms with Gasteiger partial charge < -0.3 is 33.9 Å². The molecule has 0 aliphatic carbocycles. The standard InChI is InChI=1S/C41H55N7O8/c1-4-23-54-36(49)27-44-14-10-31(11-15-44)45-19-21-46(22-20-45)38(50)35(26-29-24-28(2)37-34(25-29)55-40(52)43(37)3)56-41(53)47-16-12-32(13-17-47)48-18-9-30-7-5-6-8-33(30)42-39(48)51/h5-8,24-25,31-32,35H,4,9-23,26-27H2,1-3H3,(H,42,51)/t35-/m1/s1. The molecule has 0 radical (unpaired) electrons. The fourth-order valence-corrected chi connectivity index (χ4v) is 8.78. The van der Waals surface area contributed by atoms with Gasteiger partial charge in [-0.25, -0.2) is 14.4 Å². The van der Waals surface area contributed by atoms with Crippen molar-refractivity contribution in [2.75, 3.05) is 77.4 Å². The first-order chi connectivity index (χ1) is 27.1. The highest BCUT2D eigenvalue weighted by molar-refractivity contribution is 5.91. The van der Waals surface area contributed by atoms with Crippen molar-refractivity contribution >= 4 is 40.8 Å². The second-order valence-electron chi connectivity index (χ2n) is 15.6. The maximum absolute atomic E-state index is 14.3. The highest BCUT2D eigenvalue weighted by Crippen LogP contribution is 2.27. The largest absolute Gasteiger partial charge is 0.465 e. The normalized spacial score (nSPS) is 19.7. The number of aromatic nitrogens is 1. The summed E-state index contributed by atoms with van der Waals surface area (Å²) in [5.74, 6) is -0.890. The summed E-state index contributed by atoms with van der Waals surface area (Å²) in [6.07, 6.45) is 3.15. The lowest BCUT2D eigenvalue weighted by Crippen LogP contribution is -2.57. The van der Waals surface area contributed by atoms with Crippen LogP contribution in [0.2, 0.25) is 0 Å². The van der Waals surface area contributed by atoms with Crippen LogP contribution in [0.25, 0.3) is 11.1 Å². The topological polar surface area (TPSA) is 150 Å². The lowest BCUT2D eigenvalue weighted by Gasteiger charge is -2.43. The van der Waals surface area contributed by atoms with E-state index in [1.54, 1.807) is 22.9 Å². The molecule has 5 heterocycles. The number of carbonyl (C=O) groups excluding carboxylic acids is 4. The van der Waals surface area contributed by atoms with Crippen molar-refractivity contribution in [3.8, 4) is 0 Å². The van der Waals surface area contributed by atoms with E-state index in [9.17, 15) is 24.0 Å². The molecule has 0 spiro atoms. The number of likely N-dealkylation sites (tertiary alicyclic amines) is 2. The Balaban J connectivity index is 0.976. The minimum absolute atomic E-state index is 0.0214. The molecule has 15 heteroatoms. The number of piperazine rings is 1. The summed E-state index contributed by atoms with van der Waals surface area (Å²) in [5.41, 5.74) is 4.60. The van der Waals surface area contributed by atoms with Gasteiger partial charge in [0.1, 0.15) is 0 Å². The number of fused-ring (bicyclic) bond motifs is 2. The van der Waals surface area contributed by atoms with Gasteiger partial charge in [0.15, 0.2) is 11.7 Å². The van der Waals surface area contributed by atoms with Crippen LogP contribution in [0.1, 0.15) is 55.7 Å². The van der Waals surface area contributed by atoms with Crippen LogP contribution in [0, 0.1) is 6.92 Å². The zero-order chi connectivity index (χ0) is 39.3. The highest BCUT2D eigenvalue weighted by atomic mass is 16.6. The van der Waals surface area contributed by atoms with Gasteiger partial charge in [0.25, 0.3) is 5.91 Å². The summed E-state index contributed by atoms with van der Waals surface area (Å²) in [6.45, 7) is 10.1. The third kappa shape index (κ3) is 8.88. The van der Waals surface area contributed by atoms with E-state index < -0.39 is 18.0 Å². The molecule has 0 saturated carbocycles. The molecule has 7 rings (SSSR count). The fourth-order valence-electron chi connectivity index (χ4n) is 8.78. The Kier molecular flexibility index (Phi) is 12.3. The predicted molar refractivity (Wildman–Crippen MR) is 209 cm³/mol. The number of nitrogens with one attached hydrogen (secondary N) is 1. The van der Waals surface area contributed by atoms with E-state index in [4.69, 9.17) is 13.9 Å². The molecular formula is C41H55N7O8. The molecule has 302 valence electrons.